The molecule has 0 spiro atoms. The largest absolute Gasteiger partial charge is 0.370 e. The number of carbonyl (C=O) groups excluding carboxylic acids is 1. The Bertz CT molecular complexity index is 459. The molecule has 0 bridgehead atoms. The smallest absolute Gasteiger partial charge is 0.224 e. The summed E-state index contributed by atoms with van der Waals surface area (Å²) < 4.78 is 0. The summed E-state index contributed by atoms with van der Waals surface area (Å²) in [5.74, 6) is 0.233. The van der Waals surface area contributed by atoms with Crippen molar-refractivity contribution < 1.29 is 4.79 Å². The lowest BCUT2D eigenvalue weighted by atomic mass is 9.95. The van der Waals surface area contributed by atoms with Crippen LogP contribution in [-0.4, -0.2) is 26.0 Å². The molecular formula is C15H23N3O. The van der Waals surface area contributed by atoms with E-state index < -0.39 is 0 Å². The monoisotopic (exact) mass is 261 g/mol. The fourth-order valence-corrected chi connectivity index (χ4v) is 2.94. The first kappa shape index (κ1) is 13.9. The predicted octanol–water partition coefficient (Wildman–Crippen LogP) is 1.42. The molecule has 104 valence electrons. The van der Waals surface area contributed by atoms with Crippen molar-refractivity contribution in [1.29, 1.82) is 0 Å². The molecule has 1 amide bonds. The van der Waals surface area contributed by atoms with Crippen LogP contribution < -0.4 is 16.0 Å². The molecule has 1 atom stereocenters. The van der Waals surface area contributed by atoms with Crippen LogP contribution in [0.15, 0.2) is 18.2 Å². The van der Waals surface area contributed by atoms with Crippen LogP contribution >= 0.6 is 0 Å². The molecule has 0 radical (unpaired) electrons. The van der Waals surface area contributed by atoms with Crippen molar-refractivity contribution in [2.75, 3.05) is 25.0 Å². The molecule has 1 heterocycles. The lowest BCUT2D eigenvalue weighted by molar-refractivity contribution is -0.124. The molecule has 4 nitrogen and oxygen atoms in total. The van der Waals surface area contributed by atoms with E-state index in [2.05, 4.69) is 29.3 Å². The van der Waals surface area contributed by atoms with Gasteiger partial charge in [0, 0.05) is 32.4 Å². The second kappa shape index (κ2) is 6.06. The first-order chi connectivity index (χ1) is 9.17. The van der Waals surface area contributed by atoms with E-state index in [9.17, 15) is 4.79 Å². The SMILES string of the molecule is CNC(=O)C1CCCN(c2c(C)cccc2CN)C1. The predicted molar refractivity (Wildman–Crippen MR) is 78.1 cm³/mol. The fraction of sp³-hybridized carbons (Fsp3) is 0.533. The van der Waals surface area contributed by atoms with E-state index in [0.717, 1.165) is 31.5 Å². The van der Waals surface area contributed by atoms with E-state index in [0.29, 0.717) is 6.54 Å². The van der Waals surface area contributed by atoms with Crippen LogP contribution in [0.4, 0.5) is 5.69 Å². The van der Waals surface area contributed by atoms with Crippen LogP contribution in [0.25, 0.3) is 0 Å². The van der Waals surface area contributed by atoms with Gasteiger partial charge in [-0.3, -0.25) is 4.79 Å². The number of hydrogen-bond donors (Lipinski definition) is 2. The van der Waals surface area contributed by atoms with E-state index in [-0.39, 0.29) is 11.8 Å². The highest BCUT2D eigenvalue weighted by molar-refractivity contribution is 5.79. The Morgan fingerprint density at radius 3 is 3.00 bits per heavy atom. The second-order valence-corrected chi connectivity index (χ2v) is 5.19. The quantitative estimate of drug-likeness (QED) is 0.865. The number of benzene rings is 1. The molecule has 1 aromatic rings. The Labute approximate surface area is 115 Å². The van der Waals surface area contributed by atoms with Gasteiger partial charge in [-0.25, -0.2) is 0 Å². The fourth-order valence-electron chi connectivity index (χ4n) is 2.94. The Morgan fingerprint density at radius 2 is 2.32 bits per heavy atom. The zero-order chi connectivity index (χ0) is 13.8. The first-order valence-corrected chi connectivity index (χ1v) is 6.92. The highest BCUT2D eigenvalue weighted by Crippen LogP contribution is 2.29. The molecule has 1 aliphatic heterocycles. The number of carbonyl (C=O) groups is 1. The van der Waals surface area contributed by atoms with Crippen molar-refractivity contribution in [3.63, 3.8) is 0 Å². The number of piperidine rings is 1. The molecule has 2 rings (SSSR count). The van der Waals surface area contributed by atoms with E-state index in [1.54, 1.807) is 7.05 Å². The molecule has 0 aromatic heterocycles. The van der Waals surface area contributed by atoms with E-state index in [1.807, 2.05) is 6.07 Å². The van der Waals surface area contributed by atoms with Crippen LogP contribution in [0.3, 0.4) is 0 Å². The number of amides is 1. The summed E-state index contributed by atoms with van der Waals surface area (Å²) in [6.45, 7) is 4.44. The Morgan fingerprint density at radius 1 is 1.53 bits per heavy atom. The third-order valence-corrected chi connectivity index (χ3v) is 3.90. The summed E-state index contributed by atoms with van der Waals surface area (Å²) >= 11 is 0. The van der Waals surface area contributed by atoms with Gasteiger partial charge in [-0.1, -0.05) is 18.2 Å². The summed E-state index contributed by atoms with van der Waals surface area (Å²) in [5, 5.41) is 2.76. The van der Waals surface area contributed by atoms with Crippen LogP contribution in [0.5, 0.6) is 0 Å². The first-order valence-electron chi connectivity index (χ1n) is 6.92. The minimum atomic E-state index is 0.0870. The molecule has 19 heavy (non-hydrogen) atoms. The molecule has 1 unspecified atom stereocenters. The molecule has 4 heteroatoms. The maximum atomic E-state index is 11.8. The summed E-state index contributed by atoms with van der Waals surface area (Å²) in [7, 11) is 1.71. The maximum absolute atomic E-state index is 11.8. The summed E-state index contributed by atoms with van der Waals surface area (Å²) in [6.07, 6.45) is 2.02. The zero-order valence-corrected chi connectivity index (χ0v) is 11.8. The lowest BCUT2D eigenvalue weighted by Gasteiger charge is -2.35. The van der Waals surface area contributed by atoms with Crippen molar-refractivity contribution >= 4 is 11.6 Å². The standard InChI is InChI=1S/C15H23N3O/c1-11-5-3-6-12(9-16)14(11)18-8-4-7-13(10-18)15(19)17-2/h3,5-6,13H,4,7-10,16H2,1-2H3,(H,17,19). The molecule has 1 aromatic carbocycles. The lowest BCUT2D eigenvalue weighted by Crippen LogP contribution is -2.42. The maximum Gasteiger partial charge on any atom is 0.224 e. The van der Waals surface area contributed by atoms with E-state index in [1.165, 1.54) is 11.3 Å². The highest BCUT2D eigenvalue weighted by atomic mass is 16.1. The third kappa shape index (κ3) is 2.89. The average molecular weight is 261 g/mol. The zero-order valence-electron chi connectivity index (χ0n) is 11.8. The number of nitrogens with zero attached hydrogens (tertiary/aromatic N) is 1. The second-order valence-electron chi connectivity index (χ2n) is 5.19. The number of para-hydroxylation sites is 1. The van der Waals surface area contributed by atoms with Crippen molar-refractivity contribution in [3.05, 3.63) is 29.3 Å². The van der Waals surface area contributed by atoms with Gasteiger partial charge in [-0.15, -0.1) is 0 Å². The number of rotatable bonds is 3. The molecule has 1 aliphatic rings. The molecule has 0 aliphatic carbocycles. The number of hydrogen-bond acceptors (Lipinski definition) is 3. The van der Waals surface area contributed by atoms with Crippen molar-refractivity contribution in [2.45, 2.75) is 26.3 Å². The number of anilines is 1. The van der Waals surface area contributed by atoms with Crippen molar-refractivity contribution in [2.24, 2.45) is 11.7 Å². The van der Waals surface area contributed by atoms with Gasteiger partial charge in [-0.2, -0.15) is 0 Å². The van der Waals surface area contributed by atoms with Crippen LogP contribution in [0, 0.1) is 12.8 Å². The van der Waals surface area contributed by atoms with Crippen LogP contribution in [0.1, 0.15) is 24.0 Å². The normalized spacial score (nSPS) is 19.3. The number of aryl methyl sites for hydroxylation is 1. The summed E-state index contributed by atoms with van der Waals surface area (Å²) in [6, 6.07) is 6.23. The number of nitrogens with two attached hydrogens (primary N) is 1. The van der Waals surface area contributed by atoms with Gasteiger partial charge < -0.3 is 16.0 Å². The highest BCUT2D eigenvalue weighted by Gasteiger charge is 2.26. The van der Waals surface area contributed by atoms with Crippen LogP contribution in [-0.2, 0) is 11.3 Å². The molecule has 3 N–H and O–H groups in total. The van der Waals surface area contributed by atoms with Gasteiger partial charge >= 0.3 is 0 Å². The number of nitrogens with one attached hydrogen (secondary N) is 1. The Hall–Kier alpha value is -1.55. The Kier molecular flexibility index (Phi) is 4.43. The van der Waals surface area contributed by atoms with E-state index >= 15 is 0 Å². The van der Waals surface area contributed by atoms with Gasteiger partial charge in [0.05, 0.1) is 5.92 Å². The topological polar surface area (TPSA) is 58.4 Å². The third-order valence-electron chi connectivity index (χ3n) is 3.90. The molecule has 0 saturated carbocycles. The summed E-state index contributed by atoms with van der Waals surface area (Å²) in [4.78, 5) is 14.1. The minimum Gasteiger partial charge on any atom is -0.370 e. The summed E-state index contributed by atoms with van der Waals surface area (Å²) in [5.41, 5.74) is 9.46. The van der Waals surface area contributed by atoms with Gasteiger partial charge in [0.25, 0.3) is 0 Å². The Balaban J connectivity index is 2.24. The molecular weight excluding hydrogens is 238 g/mol. The van der Waals surface area contributed by atoms with Gasteiger partial charge in [0.2, 0.25) is 5.91 Å². The molecule has 1 fully saturated rings. The van der Waals surface area contributed by atoms with Crippen molar-refractivity contribution in [3.8, 4) is 0 Å². The van der Waals surface area contributed by atoms with Gasteiger partial charge in [0.1, 0.15) is 0 Å². The molecule has 1 saturated heterocycles. The van der Waals surface area contributed by atoms with Gasteiger partial charge in [0.15, 0.2) is 0 Å². The van der Waals surface area contributed by atoms with Gasteiger partial charge in [-0.05, 0) is 30.9 Å². The average Bonchev–Trinajstić information content (AvgIpc) is 2.46. The van der Waals surface area contributed by atoms with Crippen LogP contribution in [0.2, 0.25) is 0 Å². The van der Waals surface area contributed by atoms with Crippen molar-refractivity contribution in [1.82, 2.24) is 5.32 Å². The van der Waals surface area contributed by atoms with E-state index in [4.69, 9.17) is 5.73 Å². The minimum absolute atomic E-state index is 0.0870.